The Kier molecular flexibility index (Phi) is 5.75. The molecule has 0 unspecified atom stereocenters. The van der Waals surface area contributed by atoms with Crippen molar-refractivity contribution in [2.24, 2.45) is 7.05 Å². The molecule has 0 aliphatic carbocycles. The minimum atomic E-state index is -0.225. The van der Waals surface area contributed by atoms with Gasteiger partial charge in [-0.25, -0.2) is 4.68 Å². The van der Waals surface area contributed by atoms with Gasteiger partial charge in [0.15, 0.2) is 0 Å². The van der Waals surface area contributed by atoms with Crippen molar-refractivity contribution < 1.29 is 9.53 Å². The second-order valence-electron chi connectivity index (χ2n) is 4.71. The number of halogens is 1. The lowest BCUT2D eigenvalue weighted by Gasteiger charge is -2.10. The van der Waals surface area contributed by atoms with Crippen molar-refractivity contribution in [2.75, 3.05) is 25.5 Å². The Morgan fingerprint density at radius 2 is 2.00 bits per heavy atom. The number of nitrogens with one attached hydrogen (secondary N) is 2. The minimum Gasteiger partial charge on any atom is -0.497 e. The monoisotopic (exact) mass is 380 g/mol. The van der Waals surface area contributed by atoms with Gasteiger partial charge in [-0.2, -0.15) is 5.10 Å². The van der Waals surface area contributed by atoms with E-state index in [9.17, 15) is 9.59 Å². The summed E-state index contributed by atoms with van der Waals surface area (Å²) in [4.78, 5) is 23.7. The van der Waals surface area contributed by atoms with E-state index in [4.69, 9.17) is 4.74 Å². The van der Waals surface area contributed by atoms with Gasteiger partial charge < -0.3 is 15.4 Å². The van der Waals surface area contributed by atoms with Gasteiger partial charge in [0, 0.05) is 25.7 Å². The molecule has 1 aromatic carbocycles. The first-order chi connectivity index (χ1) is 11.0. The van der Waals surface area contributed by atoms with Crippen molar-refractivity contribution in [3.63, 3.8) is 0 Å². The maximum Gasteiger partial charge on any atom is 0.282 e. The number of hydrogen-bond acceptors (Lipinski definition) is 5. The van der Waals surface area contributed by atoms with Crippen LogP contribution < -0.4 is 20.9 Å². The van der Waals surface area contributed by atoms with E-state index in [1.165, 1.54) is 4.68 Å². The predicted octanol–water partition coefficient (Wildman–Crippen LogP) is 1.39. The normalized spacial score (nSPS) is 10.2. The van der Waals surface area contributed by atoms with Crippen molar-refractivity contribution in [1.29, 1.82) is 0 Å². The number of rotatable bonds is 6. The highest BCUT2D eigenvalue weighted by atomic mass is 79.9. The summed E-state index contributed by atoms with van der Waals surface area (Å²) in [5.41, 5.74) is 0.922. The van der Waals surface area contributed by atoms with E-state index in [0.717, 1.165) is 0 Å². The van der Waals surface area contributed by atoms with Crippen LogP contribution in [0.3, 0.4) is 0 Å². The SMILES string of the molecule is COc1ccc(C(=O)NCCNc2cnn(C)c(=O)c2Br)cc1. The zero-order valence-electron chi connectivity index (χ0n) is 12.8. The molecule has 122 valence electrons. The molecule has 0 spiro atoms. The van der Waals surface area contributed by atoms with Gasteiger partial charge in [0.25, 0.3) is 11.5 Å². The Labute approximate surface area is 141 Å². The highest BCUT2D eigenvalue weighted by Gasteiger charge is 2.07. The van der Waals surface area contributed by atoms with Crippen LogP contribution >= 0.6 is 15.9 Å². The molecule has 0 atom stereocenters. The molecule has 1 heterocycles. The Bertz CT molecular complexity index is 743. The molecule has 7 nitrogen and oxygen atoms in total. The fourth-order valence-electron chi connectivity index (χ4n) is 1.85. The zero-order valence-corrected chi connectivity index (χ0v) is 14.4. The number of carbonyl (C=O) groups excluding carboxylic acids is 1. The number of nitrogens with zero attached hydrogens (tertiary/aromatic N) is 2. The van der Waals surface area contributed by atoms with Crippen molar-refractivity contribution >= 4 is 27.5 Å². The molecule has 0 radical (unpaired) electrons. The van der Waals surface area contributed by atoms with Crippen LogP contribution in [0.15, 0.2) is 39.7 Å². The van der Waals surface area contributed by atoms with Crippen molar-refractivity contribution in [3.8, 4) is 5.75 Å². The lowest BCUT2D eigenvalue weighted by Crippen LogP contribution is -2.29. The van der Waals surface area contributed by atoms with Crippen LogP contribution in [0.25, 0.3) is 0 Å². The average molecular weight is 381 g/mol. The molecule has 2 N–H and O–H groups in total. The number of carbonyl (C=O) groups is 1. The number of hydrogen-bond donors (Lipinski definition) is 2. The summed E-state index contributed by atoms with van der Waals surface area (Å²) >= 11 is 3.23. The molecule has 0 bridgehead atoms. The van der Waals surface area contributed by atoms with Gasteiger partial charge in [0.05, 0.1) is 19.0 Å². The van der Waals surface area contributed by atoms with Crippen LogP contribution in [-0.2, 0) is 7.05 Å². The first kappa shape index (κ1) is 17.0. The van der Waals surface area contributed by atoms with E-state index in [1.807, 2.05) is 0 Å². The quantitative estimate of drug-likeness (QED) is 0.739. The summed E-state index contributed by atoms with van der Waals surface area (Å²) in [5.74, 6) is 0.529. The molecule has 1 aromatic heterocycles. The van der Waals surface area contributed by atoms with E-state index in [-0.39, 0.29) is 11.5 Å². The van der Waals surface area contributed by atoms with Gasteiger partial charge in [-0.15, -0.1) is 0 Å². The molecule has 2 aromatic rings. The topological polar surface area (TPSA) is 85.2 Å². The molecule has 0 saturated heterocycles. The number of aryl methyl sites for hydroxylation is 1. The van der Waals surface area contributed by atoms with Gasteiger partial charge in [-0.1, -0.05) is 0 Å². The Morgan fingerprint density at radius 1 is 1.30 bits per heavy atom. The summed E-state index contributed by atoms with van der Waals surface area (Å²) in [7, 11) is 3.15. The van der Waals surface area contributed by atoms with Gasteiger partial charge in [-0.05, 0) is 40.2 Å². The van der Waals surface area contributed by atoms with E-state index < -0.39 is 0 Å². The van der Waals surface area contributed by atoms with E-state index in [0.29, 0.717) is 34.6 Å². The number of anilines is 1. The highest BCUT2D eigenvalue weighted by molar-refractivity contribution is 9.10. The van der Waals surface area contributed by atoms with Crippen molar-refractivity contribution in [1.82, 2.24) is 15.1 Å². The maximum atomic E-state index is 12.0. The molecule has 0 saturated carbocycles. The standard InChI is InChI=1S/C15H17BrN4O3/c1-20-15(22)13(16)12(9-19-20)17-7-8-18-14(21)10-3-5-11(23-2)6-4-10/h3-6,9,17H,7-8H2,1-2H3,(H,18,21). The van der Waals surface area contributed by atoms with Gasteiger partial charge in [0.2, 0.25) is 0 Å². The number of aromatic nitrogens is 2. The van der Waals surface area contributed by atoms with Crippen LogP contribution in [-0.4, -0.2) is 35.9 Å². The molecule has 0 fully saturated rings. The predicted molar refractivity (Wildman–Crippen MR) is 91.0 cm³/mol. The summed E-state index contributed by atoms with van der Waals surface area (Å²) in [6.07, 6.45) is 1.55. The molecule has 23 heavy (non-hydrogen) atoms. The van der Waals surface area contributed by atoms with Gasteiger partial charge >= 0.3 is 0 Å². The summed E-state index contributed by atoms with van der Waals surface area (Å²) < 4.78 is 6.70. The molecular formula is C15H17BrN4O3. The Hall–Kier alpha value is -2.35. The molecule has 1 amide bonds. The number of ether oxygens (including phenoxy) is 1. The number of methoxy groups -OCH3 is 1. The second kappa shape index (κ2) is 7.77. The summed E-state index contributed by atoms with van der Waals surface area (Å²) in [6.45, 7) is 0.877. The van der Waals surface area contributed by atoms with Crippen LogP contribution in [0.2, 0.25) is 0 Å². The minimum absolute atomic E-state index is 0.171. The third-order valence-electron chi connectivity index (χ3n) is 3.16. The second-order valence-corrected chi connectivity index (χ2v) is 5.51. The highest BCUT2D eigenvalue weighted by Crippen LogP contribution is 2.15. The third kappa shape index (κ3) is 4.32. The molecule has 0 aliphatic rings. The summed E-state index contributed by atoms with van der Waals surface area (Å²) in [5, 5.41) is 9.77. The largest absolute Gasteiger partial charge is 0.497 e. The molecule has 0 aliphatic heterocycles. The van der Waals surface area contributed by atoms with Gasteiger partial charge in [-0.3, -0.25) is 9.59 Å². The lowest BCUT2D eigenvalue weighted by molar-refractivity contribution is 0.0955. The first-order valence-corrected chi connectivity index (χ1v) is 7.70. The van der Waals surface area contributed by atoms with E-state index in [1.54, 1.807) is 44.6 Å². The van der Waals surface area contributed by atoms with Crippen LogP contribution in [0.1, 0.15) is 10.4 Å². The molecule has 8 heteroatoms. The number of amides is 1. The maximum absolute atomic E-state index is 12.0. The van der Waals surface area contributed by atoms with Crippen molar-refractivity contribution in [2.45, 2.75) is 0 Å². The van der Waals surface area contributed by atoms with E-state index >= 15 is 0 Å². The molecular weight excluding hydrogens is 364 g/mol. The van der Waals surface area contributed by atoms with Gasteiger partial charge in [0.1, 0.15) is 10.2 Å². The van der Waals surface area contributed by atoms with E-state index in [2.05, 4.69) is 31.7 Å². The average Bonchev–Trinajstić information content (AvgIpc) is 2.58. The van der Waals surface area contributed by atoms with Crippen LogP contribution in [0.4, 0.5) is 5.69 Å². The first-order valence-electron chi connectivity index (χ1n) is 6.91. The Morgan fingerprint density at radius 3 is 2.65 bits per heavy atom. The lowest BCUT2D eigenvalue weighted by atomic mass is 10.2. The zero-order chi connectivity index (χ0) is 16.8. The summed E-state index contributed by atoms with van der Waals surface area (Å²) in [6, 6.07) is 6.86. The smallest absolute Gasteiger partial charge is 0.282 e. The van der Waals surface area contributed by atoms with Crippen LogP contribution in [0, 0.1) is 0 Å². The molecule has 2 rings (SSSR count). The Balaban J connectivity index is 1.84. The number of benzene rings is 1. The van der Waals surface area contributed by atoms with Crippen LogP contribution in [0.5, 0.6) is 5.75 Å². The van der Waals surface area contributed by atoms with Crippen molar-refractivity contribution in [3.05, 3.63) is 50.9 Å². The third-order valence-corrected chi connectivity index (χ3v) is 3.92. The fourth-order valence-corrected chi connectivity index (χ4v) is 2.35. The fraction of sp³-hybridized carbons (Fsp3) is 0.267.